The van der Waals surface area contributed by atoms with Crippen LogP contribution in [0.1, 0.15) is 35.4 Å². The smallest absolute Gasteiger partial charge is 0.328 e. The Bertz CT molecular complexity index is 1190. The summed E-state index contributed by atoms with van der Waals surface area (Å²) in [6, 6.07) is 6.57. The molecule has 1 aromatic carbocycles. The average Bonchev–Trinajstić information content (AvgIpc) is 3.31. The van der Waals surface area contributed by atoms with E-state index in [4.69, 9.17) is 4.74 Å². The molecule has 2 aromatic heterocycles. The van der Waals surface area contributed by atoms with E-state index in [2.05, 4.69) is 22.4 Å². The number of rotatable bonds is 4. The molecule has 2 N–H and O–H groups in total. The van der Waals surface area contributed by atoms with Gasteiger partial charge in [-0.2, -0.15) is 0 Å². The summed E-state index contributed by atoms with van der Waals surface area (Å²) in [5.41, 5.74) is 3.80. The molecule has 1 aliphatic heterocycles. The monoisotopic (exact) mass is 411 g/mol. The molecule has 3 aromatic rings. The maximum atomic E-state index is 12.8. The van der Waals surface area contributed by atoms with Crippen molar-refractivity contribution in [3.8, 4) is 5.75 Å². The van der Waals surface area contributed by atoms with Crippen LogP contribution in [0.3, 0.4) is 0 Å². The van der Waals surface area contributed by atoms with E-state index in [0.717, 1.165) is 37.1 Å². The molecule has 0 radical (unpaired) electrons. The van der Waals surface area contributed by atoms with Gasteiger partial charge in [0, 0.05) is 18.5 Å². The predicted octanol–water partition coefficient (Wildman–Crippen LogP) is 2.78. The van der Waals surface area contributed by atoms with Crippen LogP contribution in [-0.2, 0) is 13.0 Å². The van der Waals surface area contributed by atoms with Crippen LogP contribution in [-0.4, -0.2) is 29.2 Å². The van der Waals surface area contributed by atoms with Crippen LogP contribution >= 0.6 is 11.3 Å². The van der Waals surface area contributed by atoms with E-state index in [0.29, 0.717) is 28.6 Å². The molecule has 1 unspecified atom stereocenters. The van der Waals surface area contributed by atoms with E-state index < -0.39 is 0 Å². The van der Waals surface area contributed by atoms with Crippen molar-refractivity contribution in [1.82, 2.24) is 14.9 Å². The number of nitrogens with one attached hydrogen (secondary N) is 2. The number of ether oxygens (including phenoxy) is 1. The Morgan fingerprint density at radius 2 is 2.17 bits per heavy atom. The van der Waals surface area contributed by atoms with E-state index in [-0.39, 0.29) is 17.3 Å². The number of H-pyrrole nitrogens is 1. The molecule has 0 amide bonds. The summed E-state index contributed by atoms with van der Waals surface area (Å²) in [5, 5.41) is 5.58. The number of thiophene rings is 1. The number of aryl methyl sites for hydroxylation is 1. The Kier molecular flexibility index (Phi) is 4.59. The average molecular weight is 412 g/mol. The first-order valence-corrected chi connectivity index (χ1v) is 11.1. The summed E-state index contributed by atoms with van der Waals surface area (Å²) >= 11 is 1.40. The SMILES string of the molecule is COc1cccc2c1CC[C@H]1CNC(CCn3c(=O)[nH]c4c(C)csc4c3=O)[C@@H]21. The molecule has 29 heavy (non-hydrogen) atoms. The van der Waals surface area contributed by atoms with Gasteiger partial charge in [-0.05, 0) is 66.8 Å². The first kappa shape index (κ1) is 18.6. The summed E-state index contributed by atoms with van der Waals surface area (Å²) < 4.78 is 7.59. The second kappa shape index (κ2) is 7.15. The number of aromatic nitrogens is 2. The molecule has 1 fully saturated rings. The standard InChI is InChI=1S/C22H25N3O3S/c1-12-11-29-20-19(12)24-22(27)25(21(20)26)9-8-16-18-13(10-23-16)6-7-14-15(18)4-3-5-17(14)28-2/h3-5,11,13,16,18,23H,6-10H2,1-2H3,(H,24,27)/t13-,16?,18+/m0/s1. The predicted molar refractivity (Wildman–Crippen MR) is 115 cm³/mol. The van der Waals surface area contributed by atoms with Gasteiger partial charge in [-0.25, -0.2) is 4.79 Å². The van der Waals surface area contributed by atoms with E-state index in [1.54, 1.807) is 7.11 Å². The minimum absolute atomic E-state index is 0.179. The van der Waals surface area contributed by atoms with Crippen molar-refractivity contribution in [2.24, 2.45) is 5.92 Å². The molecule has 5 rings (SSSR count). The molecule has 152 valence electrons. The van der Waals surface area contributed by atoms with Gasteiger partial charge < -0.3 is 15.0 Å². The Hall–Kier alpha value is -2.38. The van der Waals surface area contributed by atoms with E-state index in [1.807, 2.05) is 18.4 Å². The molecule has 7 heteroatoms. The zero-order valence-electron chi connectivity index (χ0n) is 16.7. The molecule has 0 bridgehead atoms. The Morgan fingerprint density at radius 3 is 3.00 bits per heavy atom. The van der Waals surface area contributed by atoms with Crippen LogP contribution in [0.4, 0.5) is 0 Å². The van der Waals surface area contributed by atoms with Crippen molar-refractivity contribution in [3.05, 3.63) is 61.1 Å². The van der Waals surface area contributed by atoms with Gasteiger partial charge in [0.05, 0.1) is 12.6 Å². The molecule has 1 aliphatic carbocycles. The first-order valence-electron chi connectivity index (χ1n) is 10.2. The van der Waals surface area contributed by atoms with Crippen molar-refractivity contribution in [1.29, 1.82) is 0 Å². The van der Waals surface area contributed by atoms with Gasteiger partial charge in [-0.3, -0.25) is 9.36 Å². The number of nitrogens with zero attached hydrogens (tertiary/aromatic N) is 1. The largest absolute Gasteiger partial charge is 0.496 e. The number of aromatic amines is 1. The number of methoxy groups -OCH3 is 1. The minimum atomic E-state index is -0.315. The van der Waals surface area contributed by atoms with Gasteiger partial charge in [-0.1, -0.05) is 12.1 Å². The van der Waals surface area contributed by atoms with Gasteiger partial charge in [0.2, 0.25) is 0 Å². The second-order valence-electron chi connectivity index (χ2n) is 8.17. The molecule has 3 heterocycles. The minimum Gasteiger partial charge on any atom is -0.496 e. The summed E-state index contributed by atoms with van der Waals surface area (Å²) in [4.78, 5) is 28.3. The molecule has 6 nitrogen and oxygen atoms in total. The van der Waals surface area contributed by atoms with E-state index >= 15 is 0 Å². The molecule has 1 saturated heterocycles. The Balaban J connectivity index is 1.44. The van der Waals surface area contributed by atoms with Crippen LogP contribution < -0.4 is 21.3 Å². The van der Waals surface area contributed by atoms with Gasteiger partial charge in [0.1, 0.15) is 10.4 Å². The zero-order valence-corrected chi connectivity index (χ0v) is 17.5. The fourth-order valence-corrected chi connectivity index (χ4v) is 6.17. The fraction of sp³-hybridized carbons (Fsp3) is 0.455. The van der Waals surface area contributed by atoms with Gasteiger partial charge >= 0.3 is 5.69 Å². The second-order valence-corrected chi connectivity index (χ2v) is 9.05. The highest BCUT2D eigenvalue weighted by Gasteiger charge is 2.40. The molecule has 3 atom stereocenters. The number of benzene rings is 1. The summed E-state index contributed by atoms with van der Waals surface area (Å²) in [7, 11) is 1.73. The third-order valence-electron chi connectivity index (χ3n) is 6.65. The zero-order chi connectivity index (χ0) is 20.1. The maximum Gasteiger partial charge on any atom is 0.328 e. The number of hydrogen-bond donors (Lipinski definition) is 2. The summed E-state index contributed by atoms with van der Waals surface area (Å²) in [6.07, 6.45) is 2.93. The van der Waals surface area contributed by atoms with Gasteiger partial charge in [0.15, 0.2) is 0 Å². The number of fused-ring (bicyclic) bond motifs is 4. The third-order valence-corrected chi connectivity index (χ3v) is 7.74. The van der Waals surface area contributed by atoms with Crippen molar-refractivity contribution in [2.45, 2.75) is 44.7 Å². The van der Waals surface area contributed by atoms with Gasteiger partial charge in [0.25, 0.3) is 5.56 Å². The van der Waals surface area contributed by atoms with E-state index in [1.165, 1.54) is 27.0 Å². The van der Waals surface area contributed by atoms with Crippen molar-refractivity contribution < 1.29 is 4.74 Å². The topological polar surface area (TPSA) is 76.1 Å². The Labute approximate surface area is 172 Å². The highest BCUT2D eigenvalue weighted by atomic mass is 32.1. The van der Waals surface area contributed by atoms with Crippen LogP contribution in [0, 0.1) is 12.8 Å². The molecule has 0 saturated carbocycles. The fourth-order valence-electron chi connectivity index (χ4n) is 5.22. The lowest BCUT2D eigenvalue weighted by molar-refractivity contribution is 0.371. The molecular weight excluding hydrogens is 386 g/mol. The third kappa shape index (κ3) is 2.95. The summed E-state index contributed by atoms with van der Waals surface area (Å²) in [6.45, 7) is 3.32. The lowest BCUT2D eigenvalue weighted by atomic mass is 9.73. The van der Waals surface area contributed by atoms with Crippen molar-refractivity contribution in [3.63, 3.8) is 0 Å². The Morgan fingerprint density at radius 1 is 1.31 bits per heavy atom. The molecule has 2 aliphatic rings. The van der Waals surface area contributed by atoms with E-state index in [9.17, 15) is 9.59 Å². The molecular formula is C22H25N3O3S. The lowest BCUT2D eigenvalue weighted by Gasteiger charge is -2.32. The molecule has 0 spiro atoms. The van der Waals surface area contributed by atoms with Crippen LogP contribution in [0.25, 0.3) is 10.2 Å². The van der Waals surface area contributed by atoms with Crippen molar-refractivity contribution >= 4 is 21.6 Å². The normalized spacial score (nSPS) is 23.2. The van der Waals surface area contributed by atoms with Crippen LogP contribution in [0.5, 0.6) is 5.75 Å². The van der Waals surface area contributed by atoms with Crippen molar-refractivity contribution in [2.75, 3.05) is 13.7 Å². The highest BCUT2D eigenvalue weighted by molar-refractivity contribution is 7.17. The van der Waals surface area contributed by atoms with Gasteiger partial charge in [-0.15, -0.1) is 11.3 Å². The maximum absolute atomic E-state index is 12.8. The van der Waals surface area contributed by atoms with Crippen LogP contribution in [0.15, 0.2) is 33.2 Å². The first-order chi connectivity index (χ1) is 14.1. The lowest BCUT2D eigenvalue weighted by Crippen LogP contribution is -2.37. The highest BCUT2D eigenvalue weighted by Crippen LogP contribution is 2.45. The summed E-state index contributed by atoms with van der Waals surface area (Å²) in [5.74, 6) is 1.96. The quantitative estimate of drug-likeness (QED) is 0.692. The number of hydrogen-bond acceptors (Lipinski definition) is 5. The van der Waals surface area contributed by atoms with Crippen LogP contribution in [0.2, 0.25) is 0 Å².